The third-order valence-corrected chi connectivity index (χ3v) is 4.40. The van der Waals surface area contributed by atoms with Gasteiger partial charge in [0, 0.05) is 38.4 Å². The summed E-state index contributed by atoms with van der Waals surface area (Å²) in [6.45, 7) is 2.10. The SMILES string of the molecule is Cn1cccc1C(=O)NC(=O)CN1CCC2CCC(C1)N2. The second-order valence-corrected chi connectivity index (χ2v) is 6.04. The van der Waals surface area contributed by atoms with Gasteiger partial charge in [-0.1, -0.05) is 0 Å². The van der Waals surface area contributed by atoms with E-state index in [2.05, 4.69) is 15.5 Å². The number of nitrogens with zero attached hydrogens (tertiary/aromatic N) is 2. The zero-order chi connectivity index (χ0) is 14.8. The largest absolute Gasteiger partial charge is 0.347 e. The molecule has 6 nitrogen and oxygen atoms in total. The topological polar surface area (TPSA) is 66.4 Å². The van der Waals surface area contributed by atoms with Gasteiger partial charge in [0.1, 0.15) is 5.69 Å². The molecule has 0 aliphatic carbocycles. The lowest BCUT2D eigenvalue weighted by Crippen LogP contribution is -2.43. The lowest BCUT2D eigenvalue weighted by Gasteiger charge is -2.23. The molecule has 1 aromatic heterocycles. The first-order chi connectivity index (χ1) is 10.1. The first kappa shape index (κ1) is 14.3. The Hall–Kier alpha value is -1.66. The molecule has 2 atom stereocenters. The molecule has 2 N–H and O–H groups in total. The summed E-state index contributed by atoms with van der Waals surface area (Å²) in [6, 6.07) is 4.59. The first-order valence-electron chi connectivity index (χ1n) is 7.56. The maximum atomic E-state index is 12.0. The number of carbonyl (C=O) groups is 2. The van der Waals surface area contributed by atoms with Crippen LogP contribution >= 0.6 is 0 Å². The molecule has 2 aliphatic heterocycles. The van der Waals surface area contributed by atoms with Gasteiger partial charge in [-0.2, -0.15) is 0 Å². The van der Waals surface area contributed by atoms with Crippen LogP contribution in [0.4, 0.5) is 0 Å². The van der Waals surface area contributed by atoms with E-state index in [4.69, 9.17) is 0 Å². The molecular weight excluding hydrogens is 268 g/mol. The summed E-state index contributed by atoms with van der Waals surface area (Å²) in [5.74, 6) is -0.555. The van der Waals surface area contributed by atoms with Crippen LogP contribution in [0, 0.1) is 0 Å². The van der Waals surface area contributed by atoms with Crippen molar-refractivity contribution < 1.29 is 9.59 Å². The highest BCUT2D eigenvalue weighted by atomic mass is 16.2. The van der Waals surface area contributed by atoms with Gasteiger partial charge in [0.25, 0.3) is 5.91 Å². The number of imide groups is 1. The van der Waals surface area contributed by atoms with E-state index in [0.29, 0.717) is 24.3 Å². The molecule has 21 heavy (non-hydrogen) atoms. The van der Waals surface area contributed by atoms with Gasteiger partial charge in [-0.3, -0.25) is 19.8 Å². The standard InChI is InChI=1S/C15H22N4O2/c1-18-7-2-3-13(18)15(21)17-14(20)10-19-8-6-11-4-5-12(9-19)16-11/h2-3,7,11-12,16H,4-6,8-10H2,1H3,(H,17,20,21). The van der Waals surface area contributed by atoms with Crippen LogP contribution in [0.3, 0.4) is 0 Å². The van der Waals surface area contributed by atoms with E-state index in [0.717, 1.165) is 19.5 Å². The summed E-state index contributed by atoms with van der Waals surface area (Å²) in [6.07, 6.45) is 5.30. The molecule has 0 radical (unpaired) electrons. The second kappa shape index (κ2) is 5.99. The van der Waals surface area contributed by atoms with Crippen molar-refractivity contribution in [2.24, 2.45) is 7.05 Å². The molecule has 3 heterocycles. The fourth-order valence-corrected chi connectivity index (χ4v) is 3.29. The summed E-state index contributed by atoms with van der Waals surface area (Å²) < 4.78 is 1.71. The monoisotopic (exact) mass is 290 g/mol. The number of hydrogen-bond donors (Lipinski definition) is 2. The fourth-order valence-electron chi connectivity index (χ4n) is 3.29. The molecule has 0 spiro atoms. The number of aromatic nitrogens is 1. The minimum absolute atomic E-state index is 0.223. The Morgan fingerprint density at radius 2 is 2.14 bits per heavy atom. The number of aryl methyl sites for hydroxylation is 1. The third kappa shape index (κ3) is 3.33. The molecule has 2 aliphatic rings. The number of carbonyl (C=O) groups excluding carboxylic acids is 2. The Balaban J connectivity index is 1.52. The molecule has 114 valence electrons. The minimum atomic E-state index is -0.332. The van der Waals surface area contributed by atoms with Crippen molar-refractivity contribution in [3.8, 4) is 0 Å². The van der Waals surface area contributed by atoms with Gasteiger partial charge in [-0.25, -0.2) is 0 Å². The molecule has 3 rings (SSSR count). The summed E-state index contributed by atoms with van der Waals surface area (Å²) in [5, 5.41) is 6.06. The quantitative estimate of drug-likeness (QED) is 0.829. The highest BCUT2D eigenvalue weighted by Gasteiger charge is 2.30. The van der Waals surface area contributed by atoms with E-state index in [9.17, 15) is 9.59 Å². The Morgan fingerprint density at radius 3 is 2.90 bits per heavy atom. The van der Waals surface area contributed by atoms with Crippen molar-refractivity contribution in [1.82, 2.24) is 20.1 Å². The minimum Gasteiger partial charge on any atom is -0.347 e. The van der Waals surface area contributed by atoms with Crippen molar-refractivity contribution in [2.75, 3.05) is 19.6 Å². The van der Waals surface area contributed by atoms with E-state index >= 15 is 0 Å². The van der Waals surface area contributed by atoms with Crippen molar-refractivity contribution in [1.29, 1.82) is 0 Å². The molecule has 6 heteroatoms. The van der Waals surface area contributed by atoms with Crippen LogP contribution < -0.4 is 10.6 Å². The predicted octanol–water partition coefficient (Wildman–Crippen LogP) is 0.108. The first-order valence-corrected chi connectivity index (χ1v) is 7.56. The number of rotatable bonds is 3. The number of amides is 2. The molecule has 2 unspecified atom stereocenters. The fraction of sp³-hybridized carbons (Fsp3) is 0.600. The highest BCUT2D eigenvalue weighted by molar-refractivity contribution is 6.04. The van der Waals surface area contributed by atoms with Gasteiger partial charge in [-0.15, -0.1) is 0 Å². The van der Waals surface area contributed by atoms with Gasteiger partial charge in [0.05, 0.1) is 6.54 Å². The summed E-state index contributed by atoms with van der Waals surface area (Å²) >= 11 is 0. The van der Waals surface area contributed by atoms with Gasteiger partial charge in [0.15, 0.2) is 0 Å². The predicted molar refractivity (Wildman–Crippen MR) is 78.9 cm³/mol. The smallest absolute Gasteiger partial charge is 0.274 e. The van der Waals surface area contributed by atoms with Crippen LogP contribution in [0.5, 0.6) is 0 Å². The van der Waals surface area contributed by atoms with Gasteiger partial charge >= 0.3 is 0 Å². The molecule has 0 saturated carbocycles. The average Bonchev–Trinajstić information content (AvgIpc) is 2.98. The lowest BCUT2D eigenvalue weighted by atomic mass is 10.1. The molecule has 2 fully saturated rings. The Labute approximate surface area is 124 Å². The number of likely N-dealkylation sites (tertiary alicyclic amines) is 1. The van der Waals surface area contributed by atoms with Crippen molar-refractivity contribution >= 4 is 11.8 Å². The van der Waals surface area contributed by atoms with Crippen LogP contribution in [0.2, 0.25) is 0 Å². The lowest BCUT2D eigenvalue weighted by molar-refractivity contribution is -0.121. The molecule has 1 aromatic rings. The van der Waals surface area contributed by atoms with Crippen LogP contribution in [-0.2, 0) is 11.8 Å². The van der Waals surface area contributed by atoms with Crippen LogP contribution in [0.1, 0.15) is 29.8 Å². The number of fused-ring (bicyclic) bond motifs is 2. The van der Waals surface area contributed by atoms with Gasteiger partial charge in [-0.05, 0) is 31.4 Å². The van der Waals surface area contributed by atoms with Crippen molar-refractivity contribution in [2.45, 2.75) is 31.3 Å². The number of nitrogens with one attached hydrogen (secondary N) is 2. The number of hydrogen-bond acceptors (Lipinski definition) is 4. The Kier molecular flexibility index (Phi) is 4.07. The third-order valence-electron chi connectivity index (χ3n) is 4.40. The van der Waals surface area contributed by atoms with Crippen LogP contribution in [0.25, 0.3) is 0 Å². The Bertz CT molecular complexity index is 540. The van der Waals surface area contributed by atoms with E-state index in [1.165, 1.54) is 12.8 Å². The highest BCUT2D eigenvalue weighted by Crippen LogP contribution is 2.20. The van der Waals surface area contributed by atoms with Crippen molar-refractivity contribution in [3.63, 3.8) is 0 Å². The maximum Gasteiger partial charge on any atom is 0.274 e. The van der Waals surface area contributed by atoms with Gasteiger partial charge in [0.2, 0.25) is 5.91 Å². The maximum absolute atomic E-state index is 12.0. The van der Waals surface area contributed by atoms with Crippen LogP contribution in [-0.4, -0.2) is 53.0 Å². The normalized spacial score (nSPS) is 25.6. The van der Waals surface area contributed by atoms with E-state index < -0.39 is 0 Å². The van der Waals surface area contributed by atoms with E-state index in [1.807, 2.05) is 0 Å². The zero-order valence-corrected chi connectivity index (χ0v) is 12.3. The second-order valence-electron chi connectivity index (χ2n) is 6.04. The molecule has 2 bridgehead atoms. The van der Waals surface area contributed by atoms with Crippen molar-refractivity contribution in [3.05, 3.63) is 24.0 Å². The molecular formula is C15H22N4O2. The summed E-state index contributed by atoms with van der Waals surface area (Å²) in [5.41, 5.74) is 0.500. The summed E-state index contributed by atoms with van der Waals surface area (Å²) in [4.78, 5) is 26.2. The van der Waals surface area contributed by atoms with Crippen LogP contribution in [0.15, 0.2) is 18.3 Å². The zero-order valence-electron chi connectivity index (χ0n) is 12.3. The van der Waals surface area contributed by atoms with Gasteiger partial charge < -0.3 is 9.88 Å². The molecule has 2 saturated heterocycles. The van der Waals surface area contributed by atoms with E-state index in [1.54, 1.807) is 29.9 Å². The molecule has 2 amide bonds. The molecule has 0 aromatic carbocycles. The average molecular weight is 290 g/mol. The summed E-state index contributed by atoms with van der Waals surface area (Å²) in [7, 11) is 1.79. The van der Waals surface area contributed by atoms with E-state index in [-0.39, 0.29) is 11.8 Å². The Morgan fingerprint density at radius 1 is 1.33 bits per heavy atom.